The van der Waals surface area contributed by atoms with E-state index >= 15 is 0 Å². The van der Waals surface area contributed by atoms with E-state index in [-0.39, 0.29) is 12.3 Å². The largest absolute Gasteiger partial charge is 0.481 e. The van der Waals surface area contributed by atoms with Crippen LogP contribution in [0.4, 0.5) is 0 Å². The van der Waals surface area contributed by atoms with Crippen LogP contribution in [0, 0.1) is 0 Å². The number of carbonyl (C=O) groups is 2. The van der Waals surface area contributed by atoms with Gasteiger partial charge in [0, 0.05) is 19.4 Å². The van der Waals surface area contributed by atoms with Gasteiger partial charge in [-0.1, -0.05) is 18.1 Å². The van der Waals surface area contributed by atoms with Crippen molar-refractivity contribution in [3.8, 4) is 0 Å². The fraction of sp³-hybridized carbons (Fsp3) is 0.692. The molecule has 0 saturated heterocycles. The van der Waals surface area contributed by atoms with E-state index in [4.69, 9.17) is 5.11 Å². The van der Waals surface area contributed by atoms with Gasteiger partial charge in [-0.15, -0.1) is 0 Å². The molecule has 0 heterocycles. The topological polar surface area (TPSA) is 66.4 Å². The molecular formula is C13H21NO3. The molecule has 1 rings (SSSR count). The lowest BCUT2D eigenvalue weighted by Crippen LogP contribution is -2.24. The van der Waals surface area contributed by atoms with Gasteiger partial charge in [-0.3, -0.25) is 9.59 Å². The summed E-state index contributed by atoms with van der Waals surface area (Å²) >= 11 is 0. The number of hydrogen-bond acceptors (Lipinski definition) is 2. The first-order valence-electron chi connectivity index (χ1n) is 6.35. The highest BCUT2D eigenvalue weighted by Gasteiger charge is 2.08. The van der Waals surface area contributed by atoms with Crippen LogP contribution in [0.3, 0.4) is 0 Å². The summed E-state index contributed by atoms with van der Waals surface area (Å²) in [6.45, 7) is 0.658. The zero-order valence-electron chi connectivity index (χ0n) is 10.2. The Bertz CT molecular complexity index is 297. The van der Waals surface area contributed by atoms with Crippen LogP contribution in [0.5, 0.6) is 0 Å². The van der Waals surface area contributed by atoms with Crippen molar-refractivity contribution in [2.24, 2.45) is 0 Å². The summed E-state index contributed by atoms with van der Waals surface area (Å²) in [6.07, 6.45) is 8.67. The number of rotatable bonds is 8. The molecule has 1 amide bonds. The Labute approximate surface area is 102 Å². The molecule has 0 radical (unpaired) electrons. The Balaban J connectivity index is 1.95. The molecule has 0 saturated carbocycles. The summed E-state index contributed by atoms with van der Waals surface area (Å²) in [5.41, 5.74) is 1.26. The van der Waals surface area contributed by atoms with Crippen molar-refractivity contribution in [3.05, 3.63) is 11.6 Å². The molecule has 1 aliphatic carbocycles. The number of nitrogens with one attached hydrogen (secondary N) is 1. The van der Waals surface area contributed by atoms with Crippen LogP contribution in [0.1, 0.15) is 51.4 Å². The number of hydrogen-bond donors (Lipinski definition) is 2. The summed E-state index contributed by atoms with van der Waals surface area (Å²) in [7, 11) is 0. The third kappa shape index (κ3) is 6.76. The van der Waals surface area contributed by atoms with E-state index in [9.17, 15) is 9.59 Å². The van der Waals surface area contributed by atoms with E-state index in [1.165, 1.54) is 12.0 Å². The number of amides is 1. The van der Waals surface area contributed by atoms with Gasteiger partial charge in [0.15, 0.2) is 0 Å². The second kappa shape index (κ2) is 7.87. The summed E-state index contributed by atoms with van der Waals surface area (Å²) < 4.78 is 0. The van der Waals surface area contributed by atoms with Crippen molar-refractivity contribution in [3.63, 3.8) is 0 Å². The van der Waals surface area contributed by atoms with Crippen LogP contribution < -0.4 is 5.32 Å². The molecule has 1 aliphatic rings. The van der Waals surface area contributed by atoms with Crippen LogP contribution in [0.25, 0.3) is 0 Å². The minimum atomic E-state index is -0.748. The van der Waals surface area contributed by atoms with E-state index in [1.54, 1.807) is 0 Å². The first kappa shape index (κ1) is 13.7. The molecule has 0 unspecified atom stereocenters. The normalized spacial score (nSPS) is 14.5. The predicted molar refractivity (Wildman–Crippen MR) is 65.7 cm³/mol. The Hall–Kier alpha value is -1.32. The molecule has 17 heavy (non-hydrogen) atoms. The molecule has 0 aliphatic heterocycles. The molecular weight excluding hydrogens is 218 g/mol. The molecule has 4 nitrogen and oxygen atoms in total. The zero-order chi connectivity index (χ0) is 12.5. The number of unbranched alkanes of at least 4 members (excludes halogenated alkanes) is 2. The minimum absolute atomic E-state index is 0.0939. The molecule has 0 fully saturated rings. The van der Waals surface area contributed by atoms with E-state index in [1.807, 2.05) is 0 Å². The fourth-order valence-electron chi connectivity index (χ4n) is 1.97. The summed E-state index contributed by atoms with van der Waals surface area (Å²) in [5.74, 6) is -0.654. The maximum Gasteiger partial charge on any atom is 0.303 e. The van der Waals surface area contributed by atoms with E-state index in [0.717, 1.165) is 25.7 Å². The third-order valence-electron chi connectivity index (χ3n) is 2.91. The van der Waals surface area contributed by atoms with Crippen LogP contribution in [-0.4, -0.2) is 23.5 Å². The lowest BCUT2D eigenvalue weighted by atomic mass is 10.1. The molecule has 4 heteroatoms. The van der Waals surface area contributed by atoms with Gasteiger partial charge >= 0.3 is 5.97 Å². The van der Waals surface area contributed by atoms with Gasteiger partial charge in [0.25, 0.3) is 0 Å². The monoisotopic (exact) mass is 239 g/mol. The van der Waals surface area contributed by atoms with Crippen molar-refractivity contribution in [1.82, 2.24) is 5.32 Å². The van der Waals surface area contributed by atoms with Gasteiger partial charge in [0.1, 0.15) is 0 Å². The number of aliphatic carboxylic acids is 1. The molecule has 0 aromatic heterocycles. The van der Waals surface area contributed by atoms with Gasteiger partial charge in [0.2, 0.25) is 5.91 Å². The lowest BCUT2D eigenvalue weighted by molar-refractivity contribution is -0.137. The fourth-order valence-corrected chi connectivity index (χ4v) is 1.97. The van der Waals surface area contributed by atoms with Crippen LogP contribution in [-0.2, 0) is 9.59 Å². The highest BCUT2D eigenvalue weighted by atomic mass is 16.4. The molecule has 0 aromatic rings. The molecule has 0 atom stereocenters. The lowest BCUT2D eigenvalue weighted by Gasteiger charge is -2.05. The van der Waals surface area contributed by atoms with E-state index in [0.29, 0.717) is 19.4 Å². The average Bonchev–Trinajstić information content (AvgIpc) is 2.75. The third-order valence-corrected chi connectivity index (χ3v) is 2.91. The quantitative estimate of drug-likeness (QED) is 0.504. The number of carboxylic acid groups (broad SMARTS) is 1. The number of carboxylic acids is 1. The average molecular weight is 239 g/mol. The smallest absolute Gasteiger partial charge is 0.303 e. The zero-order valence-corrected chi connectivity index (χ0v) is 10.2. The molecule has 0 spiro atoms. The minimum Gasteiger partial charge on any atom is -0.481 e. The molecule has 0 bridgehead atoms. The molecule has 2 N–H and O–H groups in total. The van der Waals surface area contributed by atoms with Gasteiger partial charge in [0.05, 0.1) is 0 Å². The van der Waals surface area contributed by atoms with Gasteiger partial charge in [-0.25, -0.2) is 0 Å². The Kier molecular flexibility index (Phi) is 6.37. The summed E-state index contributed by atoms with van der Waals surface area (Å²) in [4.78, 5) is 21.8. The standard InChI is InChI=1S/C13H21NO3/c15-12(10-11-6-3-4-7-11)14-9-5-1-2-8-13(16)17/h6H,1-5,7-10H2,(H,14,15)(H,16,17). The maximum atomic E-state index is 11.5. The predicted octanol–water partition coefficient (Wildman–Crippen LogP) is 2.25. The van der Waals surface area contributed by atoms with E-state index in [2.05, 4.69) is 11.4 Å². The highest BCUT2D eigenvalue weighted by Crippen LogP contribution is 2.20. The number of allylic oxidation sites excluding steroid dienone is 1. The Morgan fingerprint density at radius 2 is 2.12 bits per heavy atom. The summed E-state index contributed by atoms with van der Waals surface area (Å²) in [6, 6.07) is 0. The van der Waals surface area contributed by atoms with Crippen LogP contribution in [0.15, 0.2) is 11.6 Å². The SMILES string of the molecule is O=C(O)CCCCCNC(=O)CC1=CCCC1. The second-order valence-electron chi connectivity index (χ2n) is 4.49. The second-order valence-corrected chi connectivity index (χ2v) is 4.49. The van der Waals surface area contributed by atoms with Crippen molar-refractivity contribution in [2.45, 2.75) is 51.4 Å². The Morgan fingerprint density at radius 3 is 2.76 bits per heavy atom. The van der Waals surface area contributed by atoms with Crippen molar-refractivity contribution < 1.29 is 14.7 Å². The summed E-state index contributed by atoms with van der Waals surface area (Å²) in [5, 5.41) is 11.3. The van der Waals surface area contributed by atoms with Crippen LogP contribution in [0.2, 0.25) is 0 Å². The number of carbonyl (C=O) groups excluding carboxylic acids is 1. The van der Waals surface area contributed by atoms with Gasteiger partial charge in [-0.05, 0) is 32.1 Å². The van der Waals surface area contributed by atoms with Crippen LogP contribution >= 0.6 is 0 Å². The van der Waals surface area contributed by atoms with Crippen molar-refractivity contribution in [2.75, 3.05) is 6.54 Å². The first-order chi connectivity index (χ1) is 8.18. The maximum absolute atomic E-state index is 11.5. The van der Waals surface area contributed by atoms with Crippen molar-refractivity contribution >= 4 is 11.9 Å². The van der Waals surface area contributed by atoms with Crippen molar-refractivity contribution in [1.29, 1.82) is 0 Å². The van der Waals surface area contributed by atoms with E-state index < -0.39 is 5.97 Å². The first-order valence-corrected chi connectivity index (χ1v) is 6.35. The highest BCUT2D eigenvalue weighted by molar-refractivity contribution is 5.78. The van der Waals surface area contributed by atoms with Gasteiger partial charge in [-0.2, -0.15) is 0 Å². The molecule has 96 valence electrons. The molecule has 0 aromatic carbocycles. The Morgan fingerprint density at radius 1 is 1.29 bits per heavy atom. The van der Waals surface area contributed by atoms with Gasteiger partial charge < -0.3 is 10.4 Å².